The third-order valence-electron chi connectivity index (χ3n) is 7.88. The Kier molecular flexibility index (Phi) is 7.52. The van der Waals surface area contributed by atoms with Crippen molar-refractivity contribution in [3.8, 4) is 5.75 Å². The number of benzene rings is 1. The lowest BCUT2D eigenvalue weighted by Gasteiger charge is -2.36. The van der Waals surface area contributed by atoms with Crippen molar-refractivity contribution in [2.45, 2.75) is 58.3 Å². The molecule has 0 aromatic heterocycles. The molecule has 2 amide bonds. The van der Waals surface area contributed by atoms with Gasteiger partial charge in [0.25, 0.3) is 0 Å². The number of carbonyl (C=O) groups excluding carboxylic acids is 2. The summed E-state index contributed by atoms with van der Waals surface area (Å²) in [5.41, 5.74) is 0. The molecule has 3 aliphatic rings. The second kappa shape index (κ2) is 10.5. The van der Waals surface area contributed by atoms with Gasteiger partial charge < -0.3 is 14.5 Å². The van der Waals surface area contributed by atoms with Crippen LogP contribution in [-0.4, -0.2) is 54.4 Å². The molecule has 2 heterocycles. The van der Waals surface area contributed by atoms with Crippen LogP contribution in [0.25, 0.3) is 0 Å². The summed E-state index contributed by atoms with van der Waals surface area (Å²) in [6.45, 7) is 5.69. The van der Waals surface area contributed by atoms with E-state index >= 15 is 0 Å². The molecule has 0 spiro atoms. The maximum absolute atomic E-state index is 13.0. The maximum atomic E-state index is 13.0. The van der Waals surface area contributed by atoms with Gasteiger partial charge in [-0.15, -0.1) is 0 Å². The first kappa shape index (κ1) is 22.2. The number of rotatable bonds is 7. The third-order valence-corrected chi connectivity index (χ3v) is 7.88. The van der Waals surface area contributed by atoms with Crippen LogP contribution in [0.1, 0.15) is 58.3 Å². The van der Waals surface area contributed by atoms with Crippen molar-refractivity contribution in [2.75, 3.05) is 32.8 Å². The highest BCUT2D eigenvalue weighted by molar-refractivity contribution is 5.76. The predicted octanol–water partition coefficient (Wildman–Crippen LogP) is 4.37. The van der Waals surface area contributed by atoms with E-state index in [-0.39, 0.29) is 5.91 Å². The van der Waals surface area contributed by atoms with Gasteiger partial charge in [-0.2, -0.15) is 0 Å². The first-order chi connectivity index (χ1) is 15.1. The lowest BCUT2D eigenvalue weighted by molar-refractivity contribution is -0.130. The zero-order valence-corrected chi connectivity index (χ0v) is 19.0. The van der Waals surface area contributed by atoms with Crippen molar-refractivity contribution < 1.29 is 14.3 Å². The van der Waals surface area contributed by atoms with Gasteiger partial charge in [0, 0.05) is 45.4 Å². The molecule has 1 aromatic rings. The molecular formula is C26H38N2O3. The summed E-state index contributed by atoms with van der Waals surface area (Å²) in [4.78, 5) is 28.8. The number of hydrogen-bond acceptors (Lipinski definition) is 3. The van der Waals surface area contributed by atoms with Gasteiger partial charge in [-0.1, -0.05) is 43.9 Å². The molecule has 5 heteroatoms. The van der Waals surface area contributed by atoms with Gasteiger partial charge in [0.1, 0.15) is 5.75 Å². The fourth-order valence-corrected chi connectivity index (χ4v) is 5.96. The zero-order valence-electron chi connectivity index (χ0n) is 19.0. The van der Waals surface area contributed by atoms with E-state index in [4.69, 9.17) is 4.74 Å². The first-order valence-electron chi connectivity index (χ1n) is 12.3. The van der Waals surface area contributed by atoms with Gasteiger partial charge >= 0.3 is 0 Å². The van der Waals surface area contributed by atoms with Crippen molar-refractivity contribution in [1.29, 1.82) is 0 Å². The molecule has 0 N–H and O–H groups in total. The summed E-state index contributed by atoms with van der Waals surface area (Å²) in [6, 6.07) is 9.99. The second-order valence-corrected chi connectivity index (χ2v) is 9.88. The smallest absolute Gasteiger partial charge is 0.222 e. The van der Waals surface area contributed by atoms with Crippen LogP contribution in [-0.2, 0) is 9.59 Å². The number of hydrogen-bond donors (Lipinski definition) is 0. The summed E-state index contributed by atoms with van der Waals surface area (Å²) in [5.74, 6) is 3.57. The lowest BCUT2D eigenvalue weighted by Crippen LogP contribution is -2.40. The highest BCUT2D eigenvalue weighted by Crippen LogP contribution is 2.37. The fraction of sp³-hybridized carbons (Fsp3) is 0.692. The van der Waals surface area contributed by atoms with E-state index in [1.54, 1.807) is 6.92 Å². The van der Waals surface area contributed by atoms with Crippen molar-refractivity contribution in [3.63, 3.8) is 0 Å². The number of ether oxygens (including phenoxy) is 1. The molecular weight excluding hydrogens is 388 g/mol. The zero-order chi connectivity index (χ0) is 21.6. The van der Waals surface area contributed by atoms with Gasteiger partial charge in [0.05, 0.1) is 6.61 Å². The normalized spacial score (nSPS) is 25.2. The van der Waals surface area contributed by atoms with Crippen LogP contribution in [0.5, 0.6) is 5.75 Å². The minimum Gasteiger partial charge on any atom is -0.493 e. The monoisotopic (exact) mass is 426 g/mol. The molecule has 0 bridgehead atoms. The SMILES string of the molecule is CC(=O)N1CCC([C@@H]2CN(C(=O)CCC3CCCC3)C[C@H]2COc2ccccc2)CC1. The van der Waals surface area contributed by atoms with Gasteiger partial charge in [0.15, 0.2) is 0 Å². The Balaban J connectivity index is 1.36. The Morgan fingerprint density at radius 2 is 1.68 bits per heavy atom. The summed E-state index contributed by atoms with van der Waals surface area (Å²) in [6.07, 6.45) is 9.11. The molecule has 2 aliphatic heterocycles. The van der Waals surface area contributed by atoms with Gasteiger partial charge in [-0.05, 0) is 49.1 Å². The van der Waals surface area contributed by atoms with Crippen LogP contribution in [0.15, 0.2) is 30.3 Å². The third kappa shape index (κ3) is 5.81. The summed E-state index contributed by atoms with van der Waals surface area (Å²) in [5, 5.41) is 0. The number of nitrogens with zero attached hydrogens (tertiary/aromatic N) is 2. The van der Waals surface area contributed by atoms with Gasteiger partial charge in [-0.3, -0.25) is 9.59 Å². The van der Waals surface area contributed by atoms with E-state index in [1.165, 1.54) is 25.7 Å². The molecule has 4 rings (SSSR count). The predicted molar refractivity (Wildman–Crippen MR) is 122 cm³/mol. The fourth-order valence-electron chi connectivity index (χ4n) is 5.96. The summed E-state index contributed by atoms with van der Waals surface area (Å²) < 4.78 is 6.14. The number of carbonyl (C=O) groups is 2. The van der Waals surface area contributed by atoms with Gasteiger partial charge in [-0.25, -0.2) is 0 Å². The van der Waals surface area contributed by atoms with Crippen molar-refractivity contribution in [3.05, 3.63) is 30.3 Å². The van der Waals surface area contributed by atoms with Crippen LogP contribution in [0.2, 0.25) is 0 Å². The van der Waals surface area contributed by atoms with Crippen LogP contribution in [0.4, 0.5) is 0 Å². The highest BCUT2D eigenvalue weighted by Gasteiger charge is 2.41. The molecule has 170 valence electrons. The van der Waals surface area contributed by atoms with Crippen LogP contribution in [0, 0.1) is 23.7 Å². The maximum Gasteiger partial charge on any atom is 0.222 e. The van der Waals surface area contributed by atoms with E-state index in [0.717, 1.165) is 57.1 Å². The Labute approximate surface area is 187 Å². The van der Waals surface area contributed by atoms with E-state index in [0.29, 0.717) is 36.7 Å². The molecule has 0 radical (unpaired) electrons. The molecule has 1 aliphatic carbocycles. The topological polar surface area (TPSA) is 49.9 Å². The standard InChI is InChI=1S/C26H38N2O3/c1-20(29)27-15-13-22(14-16-27)25-18-28(26(30)12-11-21-7-5-6-8-21)17-23(25)19-31-24-9-3-2-4-10-24/h2-4,9-10,21-23,25H,5-8,11-19H2,1H3/t23-,25-/m0/s1. The quantitative estimate of drug-likeness (QED) is 0.651. The molecule has 2 atom stereocenters. The molecule has 5 nitrogen and oxygen atoms in total. The Hall–Kier alpha value is -2.04. The number of para-hydroxylation sites is 1. The number of piperidine rings is 1. The van der Waals surface area contributed by atoms with Crippen molar-refractivity contribution in [1.82, 2.24) is 9.80 Å². The van der Waals surface area contributed by atoms with Crippen molar-refractivity contribution in [2.24, 2.45) is 23.7 Å². The molecule has 3 fully saturated rings. The molecule has 1 saturated carbocycles. The number of likely N-dealkylation sites (tertiary alicyclic amines) is 2. The minimum absolute atomic E-state index is 0.178. The summed E-state index contributed by atoms with van der Waals surface area (Å²) in [7, 11) is 0. The van der Waals surface area contributed by atoms with Crippen LogP contribution in [0.3, 0.4) is 0 Å². The van der Waals surface area contributed by atoms with Crippen LogP contribution < -0.4 is 4.74 Å². The van der Waals surface area contributed by atoms with E-state index < -0.39 is 0 Å². The Morgan fingerprint density at radius 1 is 0.968 bits per heavy atom. The first-order valence-corrected chi connectivity index (χ1v) is 12.3. The molecule has 2 saturated heterocycles. The van der Waals surface area contributed by atoms with E-state index in [1.807, 2.05) is 35.2 Å². The van der Waals surface area contributed by atoms with E-state index in [9.17, 15) is 9.59 Å². The van der Waals surface area contributed by atoms with Gasteiger partial charge in [0.2, 0.25) is 11.8 Å². The number of amides is 2. The molecule has 1 aromatic carbocycles. The van der Waals surface area contributed by atoms with Crippen LogP contribution >= 0.6 is 0 Å². The lowest BCUT2D eigenvalue weighted by atomic mass is 9.78. The van der Waals surface area contributed by atoms with E-state index in [2.05, 4.69) is 4.90 Å². The largest absolute Gasteiger partial charge is 0.493 e. The molecule has 0 unspecified atom stereocenters. The molecule has 31 heavy (non-hydrogen) atoms. The highest BCUT2D eigenvalue weighted by atomic mass is 16.5. The Morgan fingerprint density at radius 3 is 2.35 bits per heavy atom. The Bertz CT molecular complexity index is 723. The second-order valence-electron chi connectivity index (χ2n) is 9.88. The summed E-state index contributed by atoms with van der Waals surface area (Å²) >= 11 is 0. The minimum atomic E-state index is 0.178. The van der Waals surface area contributed by atoms with Crippen molar-refractivity contribution >= 4 is 11.8 Å². The average molecular weight is 427 g/mol. The average Bonchev–Trinajstić information content (AvgIpc) is 3.47.